The van der Waals surface area contributed by atoms with Gasteiger partial charge in [0.2, 0.25) is 0 Å². The first kappa shape index (κ1) is 18.6. The zero-order valence-corrected chi connectivity index (χ0v) is 15.5. The van der Waals surface area contributed by atoms with E-state index in [4.69, 9.17) is 18.6 Å². The summed E-state index contributed by atoms with van der Waals surface area (Å²) in [5.74, 6) is 1.71. The largest absolute Gasteiger partial charge is 0.497 e. The van der Waals surface area contributed by atoms with Gasteiger partial charge in [-0.2, -0.15) is 0 Å². The number of methoxy groups -OCH3 is 1. The van der Waals surface area contributed by atoms with Gasteiger partial charge in [0.15, 0.2) is 6.61 Å². The number of thioether (sulfide) groups is 1. The third-order valence-electron chi connectivity index (χ3n) is 4.03. The van der Waals surface area contributed by atoms with E-state index in [2.05, 4.69) is 10.2 Å². The van der Waals surface area contributed by atoms with Crippen molar-refractivity contribution in [3.05, 3.63) is 30.2 Å². The molecule has 140 valence electrons. The van der Waals surface area contributed by atoms with Gasteiger partial charge in [0.1, 0.15) is 23.4 Å². The van der Waals surface area contributed by atoms with E-state index < -0.39 is 0 Å². The summed E-state index contributed by atoms with van der Waals surface area (Å²) in [6, 6.07) is 7.21. The van der Waals surface area contributed by atoms with Crippen LogP contribution >= 0.6 is 11.8 Å². The van der Waals surface area contributed by atoms with Crippen LogP contribution < -0.4 is 9.47 Å². The van der Waals surface area contributed by atoms with Crippen LogP contribution in [0.3, 0.4) is 0 Å². The average Bonchev–Trinajstić information content (AvgIpc) is 3.14. The lowest BCUT2D eigenvalue weighted by atomic mass is 9.98. The second-order valence-electron chi connectivity index (χ2n) is 5.96. The van der Waals surface area contributed by atoms with Crippen molar-refractivity contribution in [1.29, 1.82) is 0 Å². The van der Waals surface area contributed by atoms with Crippen molar-refractivity contribution < 1.29 is 23.4 Å². The first-order valence-corrected chi connectivity index (χ1v) is 9.63. The van der Waals surface area contributed by atoms with Crippen molar-refractivity contribution in [1.82, 2.24) is 10.2 Å². The molecule has 1 aliphatic rings. The number of nitrogens with zero attached hydrogens (tertiary/aromatic N) is 2. The van der Waals surface area contributed by atoms with Gasteiger partial charge in [-0.05, 0) is 49.9 Å². The number of aromatic nitrogens is 2. The molecule has 0 radical (unpaired) electrons. The van der Waals surface area contributed by atoms with Gasteiger partial charge in [0, 0.05) is 0 Å². The van der Waals surface area contributed by atoms with E-state index in [1.165, 1.54) is 18.2 Å². The molecule has 7 nitrogen and oxygen atoms in total. The van der Waals surface area contributed by atoms with E-state index in [-0.39, 0.29) is 24.4 Å². The Hall–Kier alpha value is -2.22. The van der Waals surface area contributed by atoms with Crippen LogP contribution in [0.2, 0.25) is 0 Å². The van der Waals surface area contributed by atoms with Crippen molar-refractivity contribution in [2.75, 3.05) is 12.9 Å². The maximum Gasteiger partial charge on any atom is 0.316 e. The Bertz CT molecular complexity index is 698. The standard InChI is InChI=1S/C18H22N2O5S/c1-22-13-7-9-14(10-8-13)23-11-16-19-20-18(25-16)26-12-17(21)24-15-5-3-2-4-6-15/h7-10,15H,2-6,11-12H2,1H3. The van der Waals surface area contributed by atoms with Crippen LogP contribution in [0, 0.1) is 0 Å². The van der Waals surface area contributed by atoms with E-state index in [0.29, 0.717) is 16.9 Å². The molecule has 2 aromatic rings. The summed E-state index contributed by atoms with van der Waals surface area (Å²) in [7, 11) is 1.61. The van der Waals surface area contributed by atoms with Gasteiger partial charge in [0.25, 0.3) is 11.1 Å². The molecule has 1 fully saturated rings. The molecule has 0 atom stereocenters. The molecule has 26 heavy (non-hydrogen) atoms. The number of benzene rings is 1. The molecular formula is C18H22N2O5S. The Labute approximate surface area is 156 Å². The van der Waals surface area contributed by atoms with E-state index in [0.717, 1.165) is 31.4 Å². The Morgan fingerprint density at radius 2 is 1.88 bits per heavy atom. The summed E-state index contributed by atoms with van der Waals surface area (Å²) in [6.45, 7) is 0.159. The Morgan fingerprint density at radius 3 is 2.62 bits per heavy atom. The molecule has 3 rings (SSSR count). The second-order valence-corrected chi connectivity index (χ2v) is 6.89. The Balaban J connectivity index is 1.40. The lowest BCUT2D eigenvalue weighted by Crippen LogP contribution is -2.21. The fraction of sp³-hybridized carbons (Fsp3) is 0.500. The van der Waals surface area contributed by atoms with Gasteiger partial charge in [-0.3, -0.25) is 4.79 Å². The molecule has 0 aliphatic heterocycles. The highest BCUT2D eigenvalue weighted by Crippen LogP contribution is 2.23. The number of hydrogen-bond donors (Lipinski definition) is 0. The number of esters is 1. The minimum atomic E-state index is -0.240. The first-order chi connectivity index (χ1) is 12.7. The SMILES string of the molecule is COc1ccc(OCc2nnc(SCC(=O)OC3CCCCC3)o2)cc1. The maximum absolute atomic E-state index is 11.9. The van der Waals surface area contributed by atoms with E-state index >= 15 is 0 Å². The molecule has 1 aromatic carbocycles. The molecule has 0 unspecified atom stereocenters. The Morgan fingerprint density at radius 1 is 1.15 bits per heavy atom. The topological polar surface area (TPSA) is 83.7 Å². The van der Waals surface area contributed by atoms with Crippen LogP contribution in [-0.4, -0.2) is 35.1 Å². The van der Waals surface area contributed by atoms with E-state index in [1.807, 2.05) is 12.1 Å². The highest BCUT2D eigenvalue weighted by molar-refractivity contribution is 7.99. The number of rotatable bonds is 8. The molecule has 0 amide bonds. The molecule has 0 bridgehead atoms. The van der Waals surface area contributed by atoms with Gasteiger partial charge in [-0.1, -0.05) is 18.2 Å². The average molecular weight is 378 g/mol. The number of carbonyl (C=O) groups is 1. The maximum atomic E-state index is 11.9. The molecular weight excluding hydrogens is 356 g/mol. The number of carbonyl (C=O) groups excluding carboxylic acids is 1. The van der Waals surface area contributed by atoms with Crippen molar-refractivity contribution in [2.45, 2.75) is 50.0 Å². The monoisotopic (exact) mass is 378 g/mol. The highest BCUT2D eigenvalue weighted by Gasteiger charge is 2.18. The molecule has 1 aromatic heterocycles. The summed E-state index contributed by atoms with van der Waals surface area (Å²) in [5, 5.41) is 8.16. The predicted octanol–water partition coefficient (Wildman–Crippen LogP) is 3.63. The van der Waals surface area contributed by atoms with Gasteiger partial charge in [0.05, 0.1) is 7.11 Å². The summed E-state index contributed by atoms with van der Waals surface area (Å²) in [5.41, 5.74) is 0. The minimum Gasteiger partial charge on any atom is -0.497 e. The van der Waals surface area contributed by atoms with Gasteiger partial charge in [-0.25, -0.2) is 0 Å². The van der Waals surface area contributed by atoms with Gasteiger partial charge in [-0.15, -0.1) is 10.2 Å². The fourth-order valence-electron chi connectivity index (χ4n) is 2.70. The van der Waals surface area contributed by atoms with E-state index in [1.54, 1.807) is 19.2 Å². The highest BCUT2D eigenvalue weighted by atomic mass is 32.2. The number of hydrogen-bond acceptors (Lipinski definition) is 8. The van der Waals surface area contributed by atoms with Crippen molar-refractivity contribution in [2.24, 2.45) is 0 Å². The summed E-state index contributed by atoms with van der Waals surface area (Å²) < 4.78 is 21.6. The quantitative estimate of drug-likeness (QED) is 0.509. The molecule has 8 heteroatoms. The van der Waals surface area contributed by atoms with Crippen LogP contribution in [0.25, 0.3) is 0 Å². The summed E-state index contributed by atoms with van der Waals surface area (Å²) in [6.07, 6.45) is 5.48. The molecule has 0 N–H and O–H groups in total. The summed E-state index contributed by atoms with van der Waals surface area (Å²) >= 11 is 1.18. The Kier molecular flexibility index (Phi) is 6.76. The van der Waals surface area contributed by atoms with Crippen molar-refractivity contribution in [3.63, 3.8) is 0 Å². The van der Waals surface area contributed by atoms with Gasteiger partial charge >= 0.3 is 5.97 Å². The van der Waals surface area contributed by atoms with Crippen LogP contribution in [0.5, 0.6) is 11.5 Å². The molecule has 1 heterocycles. The minimum absolute atomic E-state index is 0.0630. The number of ether oxygens (including phenoxy) is 3. The van der Waals surface area contributed by atoms with Crippen LogP contribution in [0.15, 0.2) is 33.9 Å². The van der Waals surface area contributed by atoms with Crippen molar-refractivity contribution in [3.8, 4) is 11.5 Å². The molecule has 0 saturated heterocycles. The van der Waals surface area contributed by atoms with E-state index in [9.17, 15) is 4.79 Å². The lowest BCUT2D eigenvalue weighted by molar-refractivity contribution is -0.147. The zero-order valence-electron chi connectivity index (χ0n) is 14.7. The van der Waals surface area contributed by atoms with Crippen LogP contribution in [-0.2, 0) is 16.1 Å². The predicted molar refractivity (Wildman–Crippen MR) is 95.3 cm³/mol. The third kappa shape index (κ3) is 5.66. The zero-order chi connectivity index (χ0) is 18.2. The van der Waals surface area contributed by atoms with Crippen LogP contribution in [0.4, 0.5) is 0 Å². The molecule has 0 spiro atoms. The second kappa shape index (κ2) is 9.47. The molecule has 1 saturated carbocycles. The summed E-state index contributed by atoms with van der Waals surface area (Å²) in [4.78, 5) is 11.9. The van der Waals surface area contributed by atoms with Crippen LogP contribution in [0.1, 0.15) is 38.0 Å². The smallest absolute Gasteiger partial charge is 0.316 e. The third-order valence-corrected chi connectivity index (χ3v) is 4.83. The lowest BCUT2D eigenvalue weighted by Gasteiger charge is -2.21. The fourth-order valence-corrected chi connectivity index (χ4v) is 3.26. The molecule has 1 aliphatic carbocycles. The normalized spacial score (nSPS) is 14.8. The van der Waals surface area contributed by atoms with Gasteiger partial charge < -0.3 is 18.6 Å². The first-order valence-electron chi connectivity index (χ1n) is 8.64. The van der Waals surface area contributed by atoms with Crippen molar-refractivity contribution >= 4 is 17.7 Å².